The molecule has 1 aromatic carbocycles. The Hall–Kier alpha value is -1.77. The minimum atomic E-state index is -0.322. The third kappa shape index (κ3) is 5.04. The molecule has 1 aromatic rings. The second-order valence-electron chi connectivity index (χ2n) is 3.96. The van der Waals surface area contributed by atoms with E-state index in [2.05, 4.69) is 13.5 Å². The Balaban J connectivity index is 2.42. The first-order valence-electron chi connectivity index (χ1n) is 6.25. The smallest absolute Gasteiger partial charge is 0.344 e. The summed E-state index contributed by atoms with van der Waals surface area (Å²) >= 11 is 0. The highest BCUT2D eigenvalue weighted by atomic mass is 16.6. The molecule has 0 N–H and O–H groups in total. The van der Waals surface area contributed by atoms with Gasteiger partial charge >= 0.3 is 5.97 Å². The topological polar surface area (TPSA) is 35.5 Å². The van der Waals surface area contributed by atoms with Gasteiger partial charge in [0.1, 0.15) is 5.75 Å². The van der Waals surface area contributed by atoms with E-state index in [1.807, 2.05) is 30.3 Å². The summed E-state index contributed by atoms with van der Waals surface area (Å²) in [4.78, 5) is 11.4. The summed E-state index contributed by atoms with van der Waals surface area (Å²) in [7, 11) is 0. The molecule has 18 heavy (non-hydrogen) atoms. The highest BCUT2D eigenvalue weighted by Crippen LogP contribution is 2.18. The maximum atomic E-state index is 11.4. The van der Waals surface area contributed by atoms with E-state index in [1.165, 1.54) is 0 Å². The predicted octanol–water partition coefficient (Wildman–Crippen LogP) is 3.14. The van der Waals surface area contributed by atoms with Gasteiger partial charge in [0.05, 0.1) is 6.61 Å². The summed E-state index contributed by atoms with van der Waals surface area (Å²) in [6.07, 6.45) is 4.43. The molecule has 0 fully saturated rings. The Kier molecular flexibility index (Phi) is 6.62. The Morgan fingerprint density at radius 2 is 2.17 bits per heavy atom. The summed E-state index contributed by atoms with van der Waals surface area (Å²) in [5.41, 5.74) is 1.02. The van der Waals surface area contributed by atoms with Crippen LogP contribution in [0.5, 0.6) is 5.75 Å². The fraction of sp³-hybridized carbons (Fsp3) is 0.400. The van der Waals surface area contributed by atoms with E-state index in [4.69, 9.17) is 9.47 Å². The van der Waals surface area contributed by atoms with Crippen LogP contribution in [0, 0.1) is 0 Å². The molecule has 0 unspecified atom stereocenters. The van der Waals surface area contributed by atoms with Gasteiger partial charge in [0, 0.05) is 0 Å². The lowest BCUT2D eigenvalue weighted by atomic mass is 10.1. The first kappa shape index (κ1) is 14.3. The van der Waals surface area contributed by atoms with Crippen molar-refractivity contribution in [2.24, 2.45) is 0 Å². The minimum Gasteiger partial charge on any atom is -0.482 e. The molecule has 98 valence electrons. The van der Waals surface area contributed by atoms with Gasteiger partial charge in [0.2, 0.25) is 0 Å². The van der Waals surface area contributed by atoms with E-state index in [0.29, 0.717) is 12.4 Å². The molecule has 0 bridgehead atoms. The number of carbonyl (C=O) groups is 1. The molecule has 3 heteroatoms. The van der Waals surface area contributed by atoms with E-state index in [-0.39, 0.29) is 12.6 Å². The fourth-order valence-corrected chi connectivity index (χ4v) is 1.48. The normalized spacial score (nSPS) is 9.83. The van der Waals surface area contributed by atoms with Gasteiger partial charge in [-0.2, -0.15) is 0 Å². The number of carbonyl (C=O) groups excluding carboxylic acids is 1. The Morgan fingerprint density at radius 3 is 2.89 bits per heavy atom. The van der Waals surface area contributed by atoms with Crippen LogP contribution in [0.1, 0.15) is 25.3 Å². The monoisotopic (exact) mass is 248 g/mol. The van der Waals surface area contributed by atoms with Crippen LogP contribution >= 0.6 is 0 Å². The molecule has 0 aliphatic heterocycles. The number of hydrogen-bond acceptors (Lipinski definition) is 3. The maximum Gasteiger partial charge on any atom is 0.344 e. The zero-order chi connectivity index (χ0) is 13.2. The van der Waals surface area contributed by atoms with Gasteiger partial charge in [-0.3, -0.25) is 0 Å². The van der Waals surface area contributed by atoms with Crippen LogP contribution in [-0.4, -0.2) is 19.2 Å². The minimum absolute atomic E-state index is 0.0438. The average molecular weight is 248 g/mol. The van der Waals surface area contributed by atoms with Crippen molar-refractivity contribution in [1.29, 1.82) is 0 Å². The van der Waals surface area contributed by atoms with Crippen molar-refractivity contribution in [3.63, 3.8) is 0 Å². The van der Waals surface area contributed by atoms with Crippen LogP contribution in [0.4, 0.5) is 0 Å². The van der Waals surface area contributed by atoms with Gasteiger partial charge in [-0.15, -0.1) is 6.58 Å². The third-order valence-corrected chi connectivity index (χ3v) is 2.44. The van der Waals surface area contributed by atoms with E-state index in [9.17, 15) is 4.79 Å². The molecule has 0 radical (unpaired) electrons. The second kappa shape index (κ2) is 8.34. The summed E-state index contributed by atoms with van der Waals surface area (Å²) in [5.74, 6) is 0.390. The van der Waals surface area contributed by atoms with E-state index < -0.39 is 0 Å². The van der Waals surface area contributed by atoms with Gasteiger partial charge in [-0.1, -0.05) is 37.6 Å². The molecule has 0 aliphatic carbocycles. The SMILES string of the molecule is C=CCc1ccccc1OCC(=O)OCCCC. The third-order valence-electron chi connectivity index (χ3n) is 2.44. The number of allylic oxidation sites excluding steroid dienone is 1. The zero-order valence-corrected chi connectivity index (χ0v) is 10.9. The van der Waals surface area contributed by atoms with E-state index in [0.717, 1.165) is 24.8 Å². The Labute approximate surface area is 108 Å². The molecule has 0 amide bonds. The zero-order valence-electron chi connectivity index (χ0n) is 10.9. The molecule has 0 atom stereocenters. The lowest BCUT2D eigenvalue weighted by Gasteiger charge is -2.10. The average Bonchev–Trinajstić information content (AvgIpc) is 2.38. The fourth-order valence-electron chi connectivity index (χ4n) is 1.48. The molecule has 3 nitrogen and oxygen atoms in total. The van der Waals surface area contributed by atoms with Crippen molar-refractivity contribution in [3.05, 3.63) is 42.5 Å². The lowest BCUT2D eigenvalue weighted by Crippen LogP contribution is -2.16. The summed E-state index contributed by atoms with van der Waals surface area (Å²) in [6.45, 7) is 6.17. The van der Waals surface area contributed by atoms with Crippen LogP contribution in [0.25, 0.3) is 0 Å². The number of hydrogen-bond donors (Lipinski definition) is 0. The van der Waals surface area contributed by atoms with Crippen molar-refractivity contribution < 1.29 is 14.3 Å². The molecule has 0 heterocycles. The van der Waals surface area contributed by atoms with Crippen LogP contribution in [0.2, 0.25) is 0 Å². The molecule has 0 saturated carbocycles. The number of para-hydroxylation sites is 1. The summed E-state index contributed by atoms with van der Waals surface area (Å²) in [5, 5.41) is 0. The van der Waals surface area contributed by atoms with Gasteiger partial charge in [-0.25, -0.2) is 4.79 Å². The highest BCUT2D eigenvalue weighted by molar-refractivity contribution is 5.71. The largest absolute Gasteiger partial charge is 0.482 e. The Bertz CT molecular complexity index is 385. The highest BCUT2D eigenvalue weighted by Gasteiger charge is 2.06. The number of ether oxygens (including phenoxy) is 2. The molecule has 0 saturated heterocycles. The summed E-state index contributed by atoms with van der Waals surface area (Å²) in [6, 6.07) is 7.62. The van der Waals surface area contributed by atoms with E-state index in [1.54, 1.807) is 0 Å². The van der Waals surface area contributed by atoms with Crippen molar-refractivity contribution in [2.45, 2.75) is 26.2 Å². The molecule has 0 spiro atoms. The molecule has 0 aromatic heterocycles. The van der Waals surface area contributed by atoms with Crippen molar-refractivity contribution in [3.8, 4) is 5.75 Å². The van der Waals surface area contributed by atoms with Crippen molar-refractivity contribution in [1.82, 2.24) is 0 Å². The van der Waals surface area contributed by atoms with Crippen LogP contribution in [-0.2, 0) is 16.0 Å². The molecule has 1 rings (SSSR count). The van der Waals surface area contributed by atoms with Crippen LogP contribution in [0.3, 0.4) is 0 Å². The van der Waals surface area contributed by atoms with Gasteiger partial charge in [-0.05, 0) is 24.5 Å². The number of unbranched alkanes of at least 4 members (excludes halogenated alkanes) is 1. The van der Waals surface area contributed by atoms with Crippen molar-refractivity contribution in [2.75, 3.05) is 13.2 Å². The quantitative estimate of drug-likeness (QED) is 0.403. The van der Waals surface area contributed by atoms with Crippen LogP contribution in [0.15, 0.2) is 36.9 Å². The maximum absolute atomic E-state index is 11.4. The van der Waals surface area contributed by atoms with Gasteiger partial charge in [0.25, 0.3) is 0 Å². The lowest BCUT2D eigenvalue weighted by molar-refractivity contribution is -0.146. The van der Waals surface area contributed by atoms with E-state index >= 15 is 0 Å². The molecular formula is C15H20O3. The summed E-state index contributed by atoms with van der Waals surface area (Å²) < 4.78 is 10.5. The van der Waals surface area contributed by atoms with Gasteiger partial charge in [0.15, 0.2) is 6.61 Å². The Morgan fingerprint density at radius 1 is 1.39 bits per heavy atom. The predicted molar refractivity (Wildman–Crippen MR) is 71.7 cm³/mol. The number of rotatable bonds is 8. The van der Waals surface area contributed by atoms with Crippen molar-refractivity contribution >= 4 is 5.97 Å². The molecule has 0 aliphatic rings. The second-order valence-corrected chi connectivity index (χ2v) is 3.96. The standard InChI is InChI=1S/C15H20O3/c1-3-5-11-17-15(16)12-18-14-10-7-6-9-13(14)8-4-2/h4,6-7,9-10H,2-3,5,8,11-12H2,1H3. The number of benzene rings is 1. The molecular weight excluding hydrogens is 228 g/mol. The van der Waals surface area contributed by atoms with Crippen LogP contribution < -0.4 is 4.74 Å². The first-order chi connectivity index (χ1) is 8.77. The van der Waals surface area contributed by atoms with Gasteiger partial charge < -0.3 is 9.47 Å². The first-order valence-corrected chi connectivity index (χ1v) is 6.25. The number of esters is 1.